The fraction of sp³-hybridized carbons (Fsp3) is 0.944. The zero-order chi connectivity index (χ0) is 20.6. The van der Waals surface area contributed by atoms with Gasteiger partial charge in [0.05, 0.1) is 19.8 Å². The molecule has 0 aromatic carbocycles. The van der Waals surface area contributed by atoms with Gasteiger partial charge in [-0.2, -0.15) is 0 Å². The topological polar surface area (TPSA) is 77.5 Å². The maximum atomic E-state index is 12.1. The van der Waals surface area contributed by atoms with Gasteiger partial charge < -0.3 is 19.0 Å². The molecule has 1 saturated heterocycles. The predicted molar refractivity (Wildman–Crippen MR) is 102 cm³/mol. The van der Waals surface area contributed by atoms with Gasteiger partial charge in [-0.25, -0.2) is 5.06 Å². The number of hydrogen-bond donors (Lipinski definition) is 1. The second kappa shape index (κ2) is 7.85. The molecule has 3 atom stereocenters. The summed E-state index contributed by atoms with van der Waals surface area (Å²) in [6, 6.07) is 0. The molecule has 1 heterocycles. The van der Waals surface area contributed by atoms with Gasteiger partial charge in [0.25, 0.3) is 5.91 Å². The van der Waals surface area contributed by atoms with E-state index in [0.29, 0.717) is 6.61 Å². The van der Waals surface area contributed by atoms with Gasteiger partial charge in [-0.15, -0.1) is 0 Å². The minimum absolute atomic E-state index is 0.0739. The van der Waals surface area contributed by atoms with Crippen molar-refractivity contribution in [2.45, 2.75) is 89.7 Å². The van der Waals surface area contributed by atoms with E-state index in [1.807, 2.05) is 20.8 Å². The van der Waals surface area contributed by atoms with Crippen LogP contribution < -0.4 is 0 Å². The van der Waals surface area contributed by atoms with Crippen molar-refractivity contribution in [3.05, 3.63) is 0 Å². The average Bonchev–Trinajstić information content (AvgIpc) is 2.71. The molecule has 0 radical (unpaired) electrons. The lowest BCUT2D eigenvalue weighted by Gasteiger charge is -2.40. The van der Waals surface area contributed by atoms with Crippen molar-refractivity contribution in [2.75, 3.05) is 20.8 Å². The van der Waals surface area contributed by atoms with E-state index in [-0.39, 0.29) is 11.5 Å². The number of amides is 1. The van der Waals surface area contributed by atoms with Gasteiger partial charge in [0.1, 0.15) is 11.7 Å². The Hall–Kier alpha value is -0.513. The van der Waals surface area contributed by atoms with E-state index < -0.39 is 37.8 Å². The fourth-order valence-electron chi connectivity index (χ4n) is 2.68. The normalized spacial score (nSPS) is 27.4. The highest BCUT2D eigenvalue weighted by atomic mass is 28.4. The number of nitrogens with zero attached hydrogens (tertiary/aromatic N) is 1. The summed E-state index contributed by atoms with van der Waals surface area (Å²) < 4.78 is 18.5. The molecular weight excluding hydrogens is 354 g/mol. The third-order valence-electron chi connectivity index (χ3n) is 5.42. The van der Waals surface area contributed by atoms with Crippen LogP contribution in [0.15, 0.2) is 0 Å². The number of likely N-dealkylation sites (N-methyl/N-ethyl adjacent to an activating group) is 1. The van der Waals surface area contributed by atoms with Crippen LogP contribution in [0.1, 0.15) is 48.0 Å². The Morgan fingerprint density at radius 3 is 2.31 bits per heavy atom. The van der Waals surface area contributed by atoms with Crippen molar-refractivity contribution in [3.63, 3.8) is 0 Å². The molecule has 0 aliphatic carbocycles. The highest BCUT2D eigenvalue weighted by molar-refractivity contribution is 6.74. The van der Waals surface area contributed by atoms with Crippen LogP contribution >= 0.6 is 0 Å². The Balaban J connectivity index is 2.90. The smallest absolute Gasteiger partial charge is 0.274 e. The second-order valence-electron chi connectivity index (χ2n) is 9.24. The number of hydroxylamine groups is 2. The van der Waals surface area contributed by atoms with Crippen LogP contribution in [-0.2, 0) is 23.5 Å². The molecule has 1 N–H and O–H groups in total. The Morgan fingerprint density at radius 2 is 1.85 bits per heavy atom. The Kier molecular flexibility index (Phi) is 7.10. The summed E-state index contributed by atoms with van der Waals surface area (Å²) in [4.78, 5) is 17.0. The van der Waals surface area contributed by atoms with E-state index in [0.717, 1.165) is 5.06 Å². The third kappa shape index (κ3) is 5.50. The number of aliphatic hydroxyl groups excluding tert-OH is 1. The highest BCUT2D eigenvalue weighted by Crippen LogP contribution is 2.42. The van der Waals surface area contributed by atoms with E-state index >= 15 is 0 Å². The lowest BCUT2D eigenvalue weighted by molar-refractivity contribution is -0.181. The summed E-state index contributed by atoms with van der Waals surface area (Å²) in [5.41, 5.74) is -0.758. The molecule has 1 aliphatic rings. The van der Waals surface area contributed by atoms with Crippen molar-refractivity contribution in [3.8, 4) is 0 Å². The number of hydrogen-bond acceptors (Lipinski definition) is 6. The summed E-state index contributed by atoms with van der Waals surface area (Å²) in [5.74, 6) is -1.33. The number of ether oxygens (including phenoxy) is 2. The Morgan fingerprint density at radius 1 is 1.31 bits per heavy atom. The van der Waals surface area contributed by atoms with Crippen LogP contribution in [0.3, 0.4) is 0 Å². The van der Waals surface area contributed by atoms with Crippen LogP contribution in [0.5, 0.6) is 0 Å². The molecule has 8 heteroatoms. The van der Waals surface area contributed by atoms with E-state index in [1.54, 1.807) is 0 Å². The predicted octanol–water partition coefficient (Wildman–Crippen LogP) is 2.69. The third-order valence-corrected chi connectivity index (χ3v) is 9.90. The van der Waals surface area contributed by atoms with Gasteiger partial charge in [-0.05, 0) is 38.9 Å². The van der Waals surface area contributed by atoms with Crippen LogP contribution in [0.4, 0.5) is 0 Å². The Labute approximate surface area is 159 Å². The van der Waals surface area contributed by atoms with Gasteiger partial charge >= 0.3 is 0 Å². The largest absolute Gasteiger partial charge is 0.414 e. The van der Waals surface area contributed by atoms with Crippen molar-refractivity contribution in [1.82, 2.24) is 5.06 Å². The lowest BCUT2D eigenvalue weighted by atomic mass is 9.95. The number of rotatable bonds is 7. The van der Waals surface area contributed by atoms with E-state index in [2.05, 4.69) is 33.9 Å². The zero-order valence-electron chi connectivity index (χ0n) is 18.0. The number of carbonyl (C=O) groups is 1. The molecule has 7 nitrogen and oxygen atoms in total. The average molecular weight is 392 g/mol. The summed E-state index contributed by atoms with van der Waals surface area (Å²) in [6.45, 7) is 16.8. The van der Waals surface area contributed by atoms with Crippen molar-refractivity contribution in [1.29, 1.82) is 0 Å². The van der Waals surface area contributed by atoms with Gasteiger partial charge in [0.2, 0.25) is 0 Å². The molecule has 0 saturated carbocycles. The minimum Gasteiger partial charge on any atom is -0.414 e. The van der Waals surface area contributed by atoms with Crippen LogP contribution in [0, 0.1) is 0 Å². The maximum absolute atomic E-state index is 12.1. The van der Waals surface area contributed by atoms with Crippen molar-refractivity contribution >= 4 is 14.2 Å². The van der Waals surface area contributed by atoms with Gasteiger partial charge in [-0.1, -0.05) is 20.8 Å². The van der Waals surface area contributed by atoms with Crippen LogP contribution in [-0.4, -0.2) is 68.8 Å². The van der Waals surface area contributed by atoms with E-state index in [1.165, 1.54) is 14.2 Å². The van der Waals surface area contributed by atoms with Gasteiger partial charge in [0, 0.05) is 13.5 Å². The van der Waals surface area contributed by atoms with Crippen molar-refractivity contribution in [2.24, 2.45) is 0 Å². The molecule has 0 aromatic rings. The number of aliphatic hydroxyl groups is 1. The fourth-order valence-corrected chi connectivity index (χ4v) is 3.76. The Bertz CT molecular complexity index is 504. The monoisotopic (exact) mass is 391 g/mol. The molecule has 0 spiro atoms. The summed E-state index contributed by atoms with van der Waals surface area (Å²) >= 11 is 0. The first-order chi connectivity index (χ1) is 11.5. The first kappa shape index (κ1) is 23.5. The standard InChI is InChI=1S/C18H37NO6Si/c1-16(2,3)26(9,10)23-12-18(6)14(24-17(4,5)25-18)11-13(20)15(21)19(7)22-8/h13-14,20H,11-12H2,1-10H3/t13-,14+,18+/m0/s1. The SMILES string of the molecule is CON(C)C(=O)[C@@H](O)C[C@H]1OC(C)(C)O[C@]1(C)CO[Si](C)(C)C(C)(C)C. The molecule has 154 valence electrons. The molecule has 1 fully saturated rings. The van der Waals surface area contributed by atoms with E-state index in [9.17, 15) is 9.90 Å². The molecule has 0 unspecified atom stereocenters. The zero-order valence-corrected chi connectivity index (χ0v) is 19.0. The summed E-state index contributed by atoms with van der Waals surface area (Å²) in [5, 5.41) is 11.4. The molecule has 1 aliphatic heterocycles. The first-order valence-corrected chi connectivity index (χ1v) is 12.0. The summed E-state index contributed by atoms with van der Waals surface area (Å²) in [7, 11) is 0.861. The van der Waals surface area contributed by atoms with Crippen LogP contribution in [0.25, 0.3) is 0 Å². The quantitative estimate of drug-likeness (QED) is 0.531. The second-order valence-corrected chi connectivity index (χ2v) is 14.0. The highest BCUT2D eigenvalue weighted by Gasteiger charge is 2.52. The lowest BCUT2D eigenvalue weighted by Crippen LogP contribution is -2.50. The minimum atomic E-state index is -1.97. The van der Waals surface area contributed by atoms with Crippen molar-refractivity contribution < 1.29 is 28.6 Å². The molecule has 0 aromatic heterocycles. The maximum Gasteiger partial charge on any atom is 0.274 e. The van der Waals surface area contributed by atoms with Gasteiger partial charge in [0.15, 0.2) is 14.1 Å². The van der Waals surface area contributed by atoms with E-state index in [4.69, 9.17) is 18.7 Å². The molecule has 1 amide bonds. The molecule has 26 heavy (non-hydrogen) atoms. The van der Waals surface area contributed by atoms with Gasteiger partial charge in [-0.3, -0.25) is 9.63 Å². The molecular formula is C18H37NO6Si. The van der Waals surface area contributed by atoms with Crippen LogP contribution in [0.2, 0.25) is 18.1 Å². The summed E-state index contributed by atoms with van der Waals surface area (Å²) in [6.07, 6.45) is -1.62. The molecule has 1 rings (SSSR count). The number of carbonyl (C=O) groups excluding carboxylic acids is 1. The molecule has 0 bridgehead atoms. The first-order valence-electron chi connectivity index (χ1n) is 9.06.